The van der Waals surface area contributed by atoms with E-state index in [1.165, 1.54) is 57.4 Å². The summed E-state index contributed by atoms with van der Waals surface area (Å²) in [6.45, 7) is 4.87. The first-order valence-corrected chi connectivity index (χ1v) is 8.82. The first-order chi connectivity index (χ1) is 9.81. The number of benzene rings is 1. The van der Waals surface area contributed by atoms with Gasteiger partial charge in [0.25, 0.3) is 0 Å². The van der Waals surface area contributed by atoms with Crippen LogP contribution in [-0.2, 0) is 0 Å². The molecule has 1 aliphatic heterocycles. The van der Waals surface area contributed by atoms with Crippen LogP contribution in [0.25, 0.3) is 0 Å². The summed E-state index contributed by atoms with van der Waals surface area (Å²) in [6.07, 6.45) is 7.34. The normalized spacial score (nSPS) is 27.1. The van der Waals surface area contributed by atoms with Crippen molar-refractivity contribution in [2.75, 3.05) is 31.5 Å². The lowest BCUT2D eigenvalue weighted by Gasteiger charge is -2.41. The molecule has 0 aromatic heterocycles. The summed E-state index contributed by atoms with van der Waals surface area (Å²) in [5.41, 5.74) is 1.21. The van der Waals surface area contributed by atoms with E-state index in [0.29, 0.717) is 0 Å². The highest BCUT2D eigenvalue weighted by Crippen LogP contribution is 2.35. The van der Waals surface area contributed by atoms with E-state index < -0.39 is 0 Å². The quantitative estimate of drug-likeness (QED) is 0.877. The van der Waals surface area contributed by atoms with Gasteiger partial charge in [0.2, 0.25) is 0 Å². The highest BCUT2D eigenvalue weighted by atomic mass is 79.9. The third kappa shape index (κ3) is 3.76. The van der Waals surface area contributed by atoms with Crippen molar-refractivity contribution >= 4 is 21.6 Å². The van der Waals surface area contributed by atoms with Crippen LogP contribution in [0.15, 0.2) is 28.7 Å². The Morgan fingerprint density at radius 1 is 1.15 bits per heavy atom. The maximum absolute atomic E-state index is 3.53. The van der Waals surface area contributed by atoms with Gasteiger partial charge in [0.1, 0.15) is 0 Å². The number of piperidine rings is 1. The van der Waals surface area contributed by atoms with E-state index in [-0.39, 0.29) is 0 Å². The Balaban J connectivity index is 1.42. The number of hydrogen-bond donors (Lipinski definition) is 1. The van der Waals surface area contributed by atoms with E-state index >= 15 is 0 Å². The van der Waals surface area contributed by atoms with Crippen LogP contribution in [0.5, 0.6) is 0 Å². The third-order valence-corrected chi connectivity index (χ3v) is 5.45. The van der Waals surface area contributed by atoms with Crippen molar-refractivity contribution in [3.63, 3.8) is 0 Å². The van der Waals surface area contributed by atoms with Crippen molar-refractivity contribution in [2.45, 2.75) is 32.1 Å². The second kappa shape index (κ2) is 6.95. The molecule has 3 rings (SSSR count). The Kier molecular flexibility index (Phi) is 5.00. The zero-order chi connectivity index (χ0) is 13.8. The number of anilines is 1. The van der Waals surface area contributed by atoms with E-state index in [1.54, 1.807) is 0 Å². The number of nitrogens with zero attached hydrogens (tertiary/aromatic N) is 1. The summed E-state index contributed by atoms with van der Waals surface area (Å²) in [5, 5.41) is 3.53. The van der Waals surface area contributed by atoms with Gasteiger partial charge in [-0.25, -0.2) is 0 Å². The lowest BCUT2D eigenvalue weighted by molar-refractivity contribution is 0.0898. The van der Waals surface area contributed by atoms with Gasteiger partial charge < -0.3 is 10.2 Å². The lowest BCUT2D eigenvalue weighted by atomic mass is 9.75. The molecule has 1 saturated heterocycles. The number of nitrogens with one attached hydrogen (secondary N) is 1. The Morgan fingerprint density at radius 3 is 2.85 bits per heavy atom. The smallest absolute Gasteiger partial charge is 0.0351 e. The zero-order valence-corrected chi connectivity index (χ0v) is 13.7. The lowest BCUT2D eigenvalue weighted by Crippen LogP contribution is -2.43. The van der Waals surface area contributed by atoms with Crippen LogP contribution >= 0.6 is 15.9 Å². The Hall–Kier alpha value is -0.540. The van der Waals surface area contributed by atoms with E-state index in [1.807, 2.05) is 0 Å². The number of halogens is 1. The van der Waals surface area contributed by atoms with Gasteiger partial charge in [-0.05, 0) is 49.4 Å². The Bertz CT molecular complexity index is 435. The highest BCUT2D eigenvalue weighted by Gasteiger charge is 2.30. The predicted octanol–water partition coefficient (Wildman–Crippen LogP) is 4.37. The van der Waals surface area contributed by atoms with Crippen molar-refractivity contribution in [3.8, 4) is 0 Å². The van der Waals surface area contributed by atoms with Crippen LogP contribution in [0.3, 0.4) is 0 Å². The maximum atomic E-state index is 3.53. The van der Waals surface area contributed by atoms with Crippen LogP contribution in [0.2, 0.25) is 0 Å². The second-order valence-corrected chi connectivity index (χ2v) is 7.25. The summed E-state index contributed by atoms with van der Waals surface area (Å²) in [7, 11) is 0. The minimum atomic E-state index is 0.989. The van der Waals surface area contributed by atoms with Crippen molar-refractivity contribution in [3.05, 3.63) is 28.7 Å². The molecule has 1 saturated carbocycles. The molecule has 0 amide bonds. The minimum absolute atomic E-state index is 0.989. The molecular weight excluding hydrogens is 312 g/mol. The zero-order valence-electron chi connectivity index (χ0n) is 12.2. The molecule has 110 valence electrons. The minimum Gasteiger partial charge on any atom is -0.384 e. The number of hydrogen-bond acceptors (Lipinski definition) is 2. The third-order valence-electron chi connectivity index (χ3n) is 4.96. The molecule has 2 unspecified atom stereocenters. The Morgan fingerprint density at radius 2 is 2.00 bits per heavy atom. The molecule has 1 N–H and O–H groups in total. The molecule has 1 aromatic carbocycles. The predicted molar refractivity (Wildman–Crippen MR) is 89.1 cm³/mol. The molecule has 2 atom stereocenters. The van der Waals surface area contributed by atoms with E-state index in [9.17, 15) is 0 Å². The van der Waals surface area contributed by atoms with E-state index in [4.69, 9.17) is 0 Å². The first-order valence-electron chi connectivity index (χ1n) is 8.03. The molecule has 0 bridgehead atoms. The van der Waals surface area contributed by atoms with Crippen LogP contribution in [0.4, 0.5) is 5.69 Å². The number of rotatable bonds is 4. The molecule has 1 aromatic rings. The fourth-order valence-corrected chi connectivity index (χ4v) is 4.24. The fourth-order valence-electron chi connectivity index (χ4n) is 3.84. The standard InChI is InChI=1S/C17H25BrN2/c18-16-6-3-7-17(12-16)19-9-11-20-10-8-14-4-1-2-5-15(14)13-20/h3,6-7,12,14-15,19H,1-2,4-5,8-11,13H2. The maximum Gasteiger partial charge on any atom is 0.0351 e. The highest BCUT2D eigenvalue weighted by molar-refractivity contribution is 9.10. The fraction of sp³-hybridized carbons (Fsp3) is 0.647. The molecule has 1 aliphatic carbocycles. The SMILES string of the molecule is Brc1cccc(NCCN2CCC3CCCCC3C2)c1. The molecular formula is C17H25BrN2. The molecule has 1 heterocycles. The van der Waals surface area contributed by atoms with Gasteiger partial charge in [-0.1, -0.05) is 41.3 Å². The van der Waals surface area contributed by atoms with Crippen LogP contribution in [-0.4, -0.2) is 31.1 Å². The van der Waals surface area contributed by atoms with Gasteiger partial charge in [0, 0.05) is 29.8 Å². The number of fused-ring (bicyclic) bond motifs is 1. The summed E-state index contributed by atoms with van der Waals surface area (Å²) in [6, 6.07) is 8.43. The largest absolute Gasteiger partial charge is 0.384 e. The Labute approximate surface area is 131 Å². The van der Waals surface area contributed by atoms with Crippen LogP contribution < -0.4 is 5.32 Å². The summed E-state index contributed by atoms with van der Waals surface area (Å²) in [4.78, 5) is 2.66. The topological polar surface area (TPSA) is 15.3 Å². The van der Waals surface area contributed by atoms with Crippen LogP contribution in [0, 0.1) is 11.8 Å². The molecule has 3 heteroatoms. The van der Waals surface area contributed by atoms with Gasteiger partial charge in [-0.3, -0.25) is 0 Å². The van der Waals surface area contributed by atoms with Crippen molar-refractivity contribution in [1.29, 1.82) is 0 Å². The average Bonchev–Trinajstić information content (AvgIpc) is 2.47. The summed E-state index contributed by atoms with van der Waals surface area (Å²) < 4.78 is 1.14. The van der Waals surface area contributed by atoms with Crippen LogP contribution in [0.1, 0.15) is 32.1 Å². The van der Waals surface area contributed by atoms with E-state index in [0.717, 1.165) is 22.9 Å². The summed E-state index contributed by atoms with van der Waals surface area (Å²) in [5.74, 6) is 2.03. The van der Waals surface area contributed by atoms with Gasteiger partial charge in [-0.15, -0.1) is 0 Å². The molecule has 2 aliphatic rings. The first kappa shape index (κ1) is 14.4. The monoisotopic (exact) mass is 336 g/mol. The van der Waals surface area contributed by atoms with Gasteiger partial charge in [0.15, 0.2) is 0 Å². The van der Waals surface area contributed by atoms with Crippen molar-refractivity contribution in [1.82, 2.24) is 4.90 Å². The molecule has 2 nitrogen and oxygen atoms in total. The van der Waals surface area contributed by atoms with Gasteiger partial charge in [-0.2, -0.15) is 0 Å². The van der Waals surface area contributed by atoms with Gasteiger partial charge >= 0.3 is 0 Å². The van der Waals surface area contributed by atoms with E-state index in [2.05, 4.69) is 50.4 Å². The molecule has 20 heavy (non-hydrogen) atoms. The number of likely N-dealkylation sites (tertiary alicyclic amines) is 1. The summed E-state index contributed by atoms with van der Waals surface area (Å²) >= 11 is 3.52. The van der Waals surface area contributed by atoms with Gasteiger partial charge in [0.05, 0.1) is 0 Å². The second-order valence-electron chi connectivity index (χ2n) is 6.33. The van der Waals surface area contributed by atoms with Crippen molar-refractivity contribution < 1.29 is 0 Å². The van der Waals surface area contributed by atoms with Crippen molar-refractivity contribution in [2.24, 2.45) is 11.8 Å². The molecule has 0 radical (unpaired) electrons. The molecule has 0 spiro atoms. The average molecular weight is 337 g/mol. The molecule has 2 fully saturated rings.